The van der Waals surface area contributed by atoms with Crippen LogP contribution in [0.25, 0.3) is 0 Å². The highest BCUT2D eigenvalue weighted by molar-refractivity contribution is 7.09. The van der Waals surface area contributed by atoms with Crippen molar-refractivity contribution in [2.24, 2.45) is 0 Å². The zero-order valence-electron chi connectivity index (χ0n) is 9.57. The number of carbonyl (C=O) groups is 1. The average Bonchev–Trinajstić information content (AvgIpc) is 2.50. The summed E-state index contributed by atoms with van der Waals surface area (Å²) in [5.41, 5.74) is 2.81. The van der Waals surface area contributed by atoms with E-state index in [1.807, 2.05) is 20.8 Å². The van der Waals surface area contributed by atoms with Crippen LogP contribution in [0.5, 0.6) is 0 Å². The van der Waals surface area contributed by atoms with Gasteiger partial charge in [-0.25, -0.2) is 9.78 Å². The highest BCUT2D eigenvalue weighted by Crippen LogP contribution is 2.13. The van der Waals surface area contributed by atoms with Crippen LogP contribution >= 0.6 is 11.3 Å². The van der Waals surface area contributed by atoms with Crippen LogP contribution in [0.2, 0.25) is 0 Å². The molecule has 1 aromatic rings. The Morgan fingerprint density at radius 2 is 2.33 bits per heavy atom. The molecular weight excluding hydrogens is 210 g/mol. The van der Waals surface area contributed by atoms with Crippen molar-refractivity contribution in [2.75, 3.05) is 7.05 Å². The van der Waals surface area contributed by atoms with Crippen LogP contribution in [0, 0.1) is 6.92 Å². The van der Waals surface area contributed by atoms with Crippen LogP contribution in [0.3, 0.4) is 0 Å². The predicted octanol–water partition coefficient (Wildman–Crippen LogP) is 2.00. The molecule has 0 saturated carbocycles. The van der Waals surface area contributed by atoms with E-state index in [9.17, 15) is 4.79 Å². The van der Waals surface area contributed by atoms with Crippen molar-refractivity contribution in [1.82, 2.24) is 15.2 Å². The van der Waals surface area contributed by atoms with E-state index in [0.29, 0.717) is 6.54 Å². The molecule has 0 bridgehead atoms. The van der Waals surface area contributed by atoms with Crippen LogP contribution in [0.1, 0.15) is 24.4 Å². The number of aryl methyl sites for hydroxylation is 1. The highest BCUT2D eigenvalue weighted by atomic mass is 32.1. The Kier molecular flexibility index (Phi) is 4.08. The molecule has 0 fully saturated rings. The fourth-order valence-corrected chi connectivity index (χ4v) is 1.95. The molecule has 5 heteroatoms. The maximum Gasteiger partial charge on any atom is 0.317 e. The number of aromatic nitrogens is 1. The first-order chi connectivity index (χ1) is 7.00. The van der Waals surface area contributed by atoms with E-state index < -0.39 is 0 Å². The molecular formula is C10H17N3OS. The molecule has 0 aromatic carbocycles. The normalized spacial score (nSPS) is 10.5. The second-order valence-corrected chi connectivity index (χ2v) is 4.76. The van der Waals surface area contributed by atoms with Crippen molar-refractivity contribution >= 4 is 17.4 Å². The van der Waals surface area contributed by atoms with Crippen molar-refractivity contribution < 1.29 is 4.79 Å². The summed E-state index contributed by atoms with van der Waals surface area (Å²) in [6.07, 6.45) is 0. The smallest absolute Gasteiger partial charge is 0.317 e. The molecule has 0 saturated heterocycles. The number of hydrogen-bond acceptors (Lipinski definition) is 3. The molecule has 0 radical (unpaired) electrons. The third-order valence-corrected chi connectivity index (χ3v) is 2.90. The van der Waals surface area contributed by atoms with E-state index >= 15 is 0 Å². The van der Waals surface area contributed by atoms with Gasteiger partial charge in [0.1, 0.15) is 0 Å². The second-order valence-electron chi connectivity index (χ2n) is 3.82. The number of hydrogen-bond donors (Lipinski definition) is 1. The van der Waals surface area contributed by atoms with Gasteiger partial charge in [0.05, 0.1) is 17.7 Å². The van der Waals surface area contributed by atoms with Gasteiger partial charge >= 0.3 is 6.03 Å². The Morgan fingerprint density at radius 1 is 1.67 bits per heavy atom. The first kappa shape index (κ1) is 12.0. The average molecular weight is 227 g/mol. The first-order valence-corrected chi connectivity index (χ1v) is 5.79. The summed E-state index contributed by atoms with van der Waals surface area (Å²) in [5.74, 6) is 0. The number of urea groups is 1. The minimum absolute atomic E-state index is 0.0437. The Balaban J connectivity index is 2.52. The monoisotopic (exact) mass is 227 g/mol. The van der Waals surface area contributed by atoms with Crippen molar-refractivity contribution in [3.05, 3.63) is 16.1 Å². The SMILES string of the molecule is Cc1ncsc1CN(C)C(=O)NC(C)C. The molecule has 0 atom stereocenters. The summed E-state index contributed by atoms with van der Waals surface area (Å²) in [6.45, 7) is 6.47. The highest BCUT2D eigenvalue weighted by Gasteiger charge is 2.11. The van der Waals surface area contributed by atoms with Crippen LogP contribution in [-0.4, -0.2) is 29.0 Å². The van der Waals surface area contributed by atoms with Crippen molar-refractivity contribution in [2.45, 2.75) is 33.4 Å². The van der Waals surface area contributed by atoms with E-state index in [2.05, 4.69) is 10.3 Å². The van der Waals surface area contributed by atoms with Gasteiger partial charge in [-0.3, -0.25) is 0 Å². The molecule has 0 aliphatic rings. The molecule has 1 aromatic heterocycles. The van der Waals surface area contributed by atoms with Gasteiger partial charge in [-0.05, 0) is 20.8 Å². The lowest BCUT2D eigenvalue weighted by atomic mass is 10.3. The molecule has 2 amide bonds. The van der Waals surface area contributed by atoms with E-state index in [-0.39, 0.29) is 12.1 Å². The molecule has 15 heavy (non-hydrogen) atoms. The summed E-state index contributed by atoms with van der Waals surface area (Å²) < 4.78 is 0. The molecule has 0 spiro atoms. The van der Waals surface area contributed by atoms with Crippen LogP contribution in [0.4, 0.5) is 4.79 Å². The molecule has 1 N–H and O–H groups in total. The van der Waals surface area contributed by atoms with Gasteiger partial charge in [-0.2, -0.15) is 0 Å². The first-order valence-electron chi connectivity index (χ1n) is 4.91. The quantitative estimate of drug-likeness (QED) is 0.858. The van der Waals surface area contributed by atoms with Crippen molar-refractivity contribution in [3.8, 4) is 0 Å². The largest absolute Gasteiger partial charge is 0.336 e. The van der Waals surface area contributed by atoms with Gasteiger partial charge in [0, 0.05) is 18.0 Å². The van der Waals surface area contributed by atoms with E-state index in [1.54, 1.807) is 28.8 Å². The number of thiazole rings is 1. The summed E-state index contributed by atoms with van der Waals surface area (Å²) >= 11 is 1.58. The van der Waals surface area contributed by atoms with Crippen molar-refractivity contribution in [3.63, 3.8) is 0 Å². The van der Waals surface area contributed by atoms with Crippen LogP contribution in [0.15, 0.2) is 5.51 Å². The molecule has 84 valence electrons. The van der Waals surface area contributed by atoms with Gasteiger partial charge < -0.3 is 10.2 Å². The van der Waals surface area contributed by atoms with Gasteiger partial charge in [0.25, 0.3) is 0 Å². The predicted molar refractivity (Wildman–Crippen MR) is 62.0 cm³/mol. The molecule has 1 heterocycles. The van der Waals surface area contributed by atoms with Gasteiger partial charge in [0.15, 0.2) is 0 Å². The van der Waals surface area contributed by atoms with E-state index in [1.165, 1.54) is 0 Å². The molecule has 4 nitrogen and oxygen atoms in total. The summed E-state index contributed by atoms with van der Waals surface area (Å²) in [6, 6.07) is 0.125. The van der Waals surface area contributed by atoms with E-state index in [0.717, 1.165) is 10.6 Å². The van der Waals surface area contributed by atoms with Crippen LogP contribution < -0.4 is 5.32 Å². The summed E-state index contributed by atoms with van der Waals surface area (Å²) in [7, 11) is 1.79. The lowest BCUT2D eigenvalue weighted by Crippen LogP contribution is -2.40. The third-order valence-electron chi connectivity index (χ3n) is 1.98. The summed E-state index contributed by atoms with van der Waals surface area (Å²) in [5, 5.41) is 2.85. The molecule has 0 aliphatic carbocycles. The Bertz CT molecular complexity index is 335. The fourth-order valence-electron chi connectivity index (χ4n) is 1.12. The zero-order chi connectivity index (χ0) is 11.4. The minimum atomic E-state index is -0.0437. The number of amides is 2. The molecule has 0 unspecified atom stereocenters. The standard InChI is InChI=1S/C10H17N3OS/c1-7(2)12-10(14)13(4)5-9-8(3)11-6-15-9/h6-7H,5H2,1-4H3,(H,12,14). The number of nitrogens with zero attached hydrogens (tertiary/aromatic N) is 2. The Morgan fingerprint density at radius 3 is 2.80 bits per heavy atom. The van der Waals surface area contributed by atoms with Crippen molar-refractivity contribution in [1.29, 1.82) is 0 Å². The molecule has 0 aliphatic heterocycles. The van der Waals surface area contributed by atoms with E-state index in [4.69, 9.17) is 0 Å². The Labute approximate surface area is 94.3 Å². The second kappa shape index (κ2) is 5.11. The van der Waals surface area contributed by atoms with Gasteiger partial charge in [-0.1, -0.05) is 0 Å². The number of carbonyl (C=O) groups excluding carboxylic acids is 1. The third kappa shape index (κ3) is 3.51. The number of nitrogens with one attached hydrogen (secondary N) is 1. The zero-order valence-corrected chi connectivity index (χ0v) is 10.4. The molecule has 1 rings (SSSR count). The van der Waals surface area contributed by atoms with Gasteiger partial charge in [0.2, 0.25) is 0 Å². The van der Waals surface area contributed by atoms with Crippen LogP contribution in [-0.2, 0) is 6.54 Å². The lowest BCUT2D eigenvalue weighted by Gasteiger charge is -2.19. The maximum absolute atomic E-state index is 11.6. The minimum Gasteiger partial charge on any atom is -0.336 e. The fraction of sp³-hybridized carbons (Fsp3) is 0.600. The summed E-state index contributed by atoms with van der Waals surface area (Å²) in [4.78, 5) is 18.5. The lowest BCUT2D eigenvalue weighted by molar-refractivity contribution is 0.204. The topological polar surface area (TPSA) is 45.2 Å². The van der Waals surface area contributed by atoms with Gasteiger partial charge in [-0.15, -0.1) is 11.3 Å². The number of rotatable bonds is 3. The maximum atomic E-state index is 11.6. The Hall–Kier alpha value is -1.10.